The lowest BCUT2D eigenvalue weighted by atomic mass is 10.1. The number of carbonyl (C=O) groups excluding carboxylic acids is 1. The van der Waals surface area contributed by atoms with E-state index in [4.69, 9.17) is 21.1 Å². The number of rotatable bonds is 4. The molecular formula is C16H17ClN2O3S. The highest BCUT2D eigenvalue weighted by Gasteiger charge is 2.17. The summed E-state index contributed by atoms with van der Waals surface area (Å²) in [6.45, 7) is 5.29. The summed E-state index contributed by atoms with van der Waals surface area (Å²) >= 11 is 7.62. The van der Waals surface area contributed by atoms with E-state index in [1.807, 2.05) is 26.0 Å². The van der Waals surface area contributed by atoms with Crippen molar-refractivity contribution in [2.24, 2.45) is 0 Å². The number of thiazole rings is 1. The summed E-state index contributed by atoms with van der Waals surface area (Å²) in [5.74, 6) is 1.18. The minimum atomic E-state index is -0.0864. The fourth-order valence-corrected chi connectivity index (χ4v) is 3.58. The van der Waals surface area contributed by atoms with Gasteiger partial charge in [-0.1, -0.05) is 11.6 Å². The van der Waals surface area contributed by atoms with Crippen LogP contribution in [0.15, 0.2) is 12.1 Å². The largest absolute Gasteiger partial charge is 0.486 e. The second-order valence-electron chi connectivity index (χ2n) is 5.26. The zero-order valence-electron chi connectivity index (χ0n) is 12.9. The molecule has 122 valence electrons. The number of hydrogen-bond donors (Lipinski definition) is 1. The summed E-state index contributed by atoms with van der Waals surface area (Å²) in [5.41, 5.74) is 1.77. The SMILES string of the molecule is Cc1nc(C)c(C(=O)NCCc2cc(Cl)c3c(c2)OCCO3)s1. The standard InChI is InChI=1S/C16H17ClN2O3S/c1-9-15(23-10(2)19-9)16(20)18-4-3-11-7-12(17)14-13(8-11)21-5-6-22-14/h7-8H,3-6H2,1-2H3,(H,18,20). The highest BCUT2D eigenvalue weighted by molar-refractivity contribution is 7.13. The zero-order chi connectivity index (χ0) is 16.4. The molecule has 1 N–H and O–H groups in total. The van der Waals surface area contributed by atoms with Crippen molar-refractivity contribution in [1.82, 2.24) is 10.3 Å². The summed E-state index contributed by atoms with van der Waals surface area (Å²) < 4.78 is 11.0. The van der Waals surface area contributed by atoms with Gasteiger partial charge in [0.05, 0.1) is 15.7 Å². The molecule has 0 bridgehead atoms. The molecule has 23 heavy (non-hydrogen) atoms. The molecule has 0 saturated carbocycles. The molecule has 7 heteroatoms. The fraction of sp³-hybridized carbons (Fsp3) is 0.375. The van der Waals surface area contributed by atoms with Crippen molar-refractivity contribution in [3.8, 4) is 11.5 Å². The van der Waals surface area contributed by atoms with Crippen LogP contribution in [0, 0.1) is 13.8 Å². The van der Waals surface area contributed by atoms with E-state index >= 15 is 0 Å². The molecule has 0 spiro atoms. The van der Waals surface area contributed by atoms with E-state index in [0.717, 1.165) is 16.3 Å². The minimum Gasteiger partial charge on any atom is -0.486 e. The first-order valence-corrected chi connectivity index (χ1v) is 8.54. The summed E-state index contributed by atoms with van der Waals surface area (Å²) in [6.07, 6.45) is 0.666. The van der Waals surface area contributed by atoms with E-state index < -0.39 is 0 Å². The zero-order valence-corrected chi connectivity index (χ0v) is 14.5. The lowest BCUT2D eigenvalue weighted by molar-refractivity contribution is 0.0957. The van der Waals surface area contributed by atoms with Crippen molar-refractivity contribution in [3.63, 3.8) is 0 Å². The maximum atomic E-state index is 12.2. The third kappa shape index (κ3) is 3.59. The van der Waals surface area contributed by atoms with Crippen LogP contribution in [0.2, 0.25) is 5.02 Å². The van der Waals surface area contributed by atoms with Crippen molar-refractivity contribution < 1.29 is 14.3 Å². The van der Waals surface area contributed by atoms with E-state index in [1.165, 1.54) is 11.3 Å². The Kier molecular flexibility index (Phi) is 4.73. The van der Waals surface area contributed by atoms with Crippen LogP contribution in [-0.2, 0) is 6.42 Å². The molecule has 0 radical (unpaired) electrons. The molecule has 0 unspecified atom stereocenters. The summed E-state index contributed by atoms with van der Waals surface area (Å²) in [5, 5.41) is 4.35. The van der Waals surface area contributed by atoms with Crippen molar-refractivity contribution in [3.05, 3.63) is 38.3 Å². The molecule has 1 aromatic carbocycles. The molecular weight excluding hydrogens is 336 g/mol. The van der Waals surface area contributed by atoms with Gasteiger partial charge in [0.2, 0.25) is 0 Å². The van der Waals surface area contributed by atoms with Gasteiger partial charge >= 0.3 is 0 Å². The normalized spacial score (nSPS) is 13.0. The summed E-state index contributed by atoms with van der Waals surface area (Å²) in [7, 11) is 0. The molecule has 0 aliphatic carbocycles. The molecule has 0 saturated heterocycles. The Morgan fingerprint density at radius 2 is 2.13 bits per heavy atom. The highest BCUT2D eigenvalue weighted by atomic mass is 35.5. The first kappa shape index (κ1) is 16.1. The van der Waals surface area contributed by atoms with Crippen LogP contribution in [0.4, 0.5) is 0 Å². The number of benzene rings is 1. The van der Waals surface area contributed by atoms with Crippen molar-refractivity contribution >= 4 is 28.8 Å². The number of nitrogens with zero attached hydrogens (tertiary/aromatic N) is 1. The highest BCUT2D eigenvalue weighted by Crippen LogP contribution is 2.38. The maximum Gasteiger partial charge on any atom is 0.263 e. The topological polar surface area (TPSA) is 60.5 Å². The Bertz CT molecular complexity index is 745. The molecule has 3 rings (SSSR count). The van der Waals surface area contributed by atoms with Gasteiger partial charge in [-0.15, -0.1) is 11.3 Å². The quantitative estimate of drug-likeness (QED) is 0.918. The molecule has 1 amide bonds. The van der Waals surface area contributed by atoms with Crippen molar-refractivity contribution in [2.45, 2.75) is 20.3 Å². The number of aromatic nitrogens is 1. The van der Waals surface area contributed by atoms with Crippen LogP contribution in [0.1, 0.15) is 25.9 Å². The van der Waals surface area contributed by atoms with Crippen molar-refractivity contribution in [1.29, 1.82) is 0 Å². The van der Waals surface area contributed by atoms with Gasteiger partial charge < -0.3 is 14.8 Å². The summed E-state index contributed by atoms with van der Waals surface area (Å²) in [6, 6.07) is 3.76. The number of fused-ring (bicyclic) bond motifs is 1. The van der Waals surface area contributed by atoms with Gasteiger partial charge in [0.25, 0.3) is 5.91 Å². The average Bonchev–Trinajstić information content (AvgIpc) is 2.86. The fourth-order valence-electron chi connectivity index (χ4n) is 2.45. The molecule has 0 fully saturated rings. The predicted octanol–water partition coefficient (Wildman–Crippen LogP) is 3.16. The lowest BCUT2D eigenvalue weighted by Crippen LogP contribution is -2.25. The lowest BCUT2D eigenvalue weighted by Gasteiger charge is -2.20. The monoisotopic (exact) mass is 352 g/mol. The minimum absolute atomic E-state index is 0.0864. The molecule has 2 heterocycles. The van der Waals surface area contributed by atoms with Gasteiger partial charge in [0.1, 0.15) is 18.1 Å². The number of carbonyl (C=O) groups is 1. The van der Waals surface area contributed by atoms with E-state index in [9.17, 15) is 4.79 Å². The molecule has 0 atom stereocenters. The third-order valence-electron chi connectivity index (χ3n) is 3.47. The Hall–Kier alpha value is -1.79. The van der Waals surface area contributed by atoms with Crippen LogP contribution in [0.3, 0.4) is 0 Å². The first-order valence-electron chi connectivity index (χ1n) is 7.35. The number of amides is 1. The number of ether oxygens (including phenoxy) is 2. The molecule has 1 aromatic heterocycles. The van der Waals surface area contributed by atoms with Gasteiger partial charge in [-0.05, 0) is 38.0 Å². The van der Waals surface area contributed by atoms with E-state index in [1.54, 1.807) is 0 Å². The number of halogens is 1. The van der Waals surface area contributed by atoms with Crippen LogP contribution in [0.5, 0.6) is 11.5 Å². The molecule has 5 nitrogen and oxygen atoms in total. The summed E-state index contributed by atoms with van der Waals surface area (Å²) in [4.78, 5) is 17.1. The number of nitrogens with one attached hydrogen (secondary N) is 1. The van der Waals surface area contributed by atoms with Gasteiger partial charge in [-0.3, -0.25) is 4.79 Å². The Morgan fingerprint density at radius 3 is 2.87 bits per heavy atom. The van der Waals surface area contributed by atoms with E-state index in [2.05, 4.69) is 10.3 Å². The van der Waals surface area contributed by atoms with Crippen LogP contribution in [-0.4, -0.2) is 30.6 Å². The van der Waals surface area contributed by atoms with Gasteiger partial charge in [0, 0.05) is 6.54 Å². The molecule has 1 aliphatic rings. The van der Waals surface area contributed by atoms with Crippen LogP contribution >= 0.6 is 22.9 Å². The van der Waals surface area contributed by atoms with E-state index in [0.29, 0.717) is 47.6 Å². The Labute approximate surface area is 143 Å². The predicted molar refractivity (Wildman–Crippen MR) is 90.1 cm³/mol. The molecule has 2 aromatic rings. The van der Waals surface area contributed by atoms with Gasteiger partial charge in [-0.25, -0.2) is 4.98 Å². The van der Waals surface area contributed by atoms with Crippen LogP contribution < -0.4 is 14.8 Å². The average molecular weight is 353 g/mol. The van der Waals surface area contributed by atoms with Crippen LogP contribution in [0.25, 0.3) is 0 Å². The number of hydrogen-bond acceptors (Lipinski definition) is 5. The van der Waals surface area contributed by atoms with Crippen molar-refractivity contribution in [2.75, 3.05) is 19.8 Å². The number of aryl methyl sites for hydroxylation is 2. The van der Waals surface area contributed by atoms with E-state index in [-0.39, 0.29) is 5.91 Å². The third-order valence-corrected chi connectivity index (χ3v) is 4.82. The second kappa shape index (κ2) is 6.76. The molecule has 1 aliphatic heterocycles. The first-order chi connectivity index (χ1) is 11.0. The Morgan fingerprint density at radius 1 is 1.35 bits per heavy atom. The second-order valence-corrected chi connectivity index (χ2v) is 6.87. The Balaban J connectivity index is 1.61. The van der Waals surface area contributed by atoms with Gasteiger partial charge in [-0.2, -0.15) is 0 Å². The maximum absolute atomic E-state index is 12.2. The van der Waals surface area contributed by atoms with Gasteiger partial charge in [0.15, 0.2) is 11.5 Å². The smallest absolute Gasteiger partial charge is 0.263 e.